The second-order valence-electron chi connectivity index (χ2n) is 4.23. The Morgan fingerprint density at radius 1 is 1.17 bits per heavy atom. The van der Waals surface area contributed by atoms with Crippen molar-refractivity contribution in [3.05, 3.63) is 12.2 Å². The van der Waals surface area contributed by atoms with Crippen LogP contribution in [0.5, 0.6) is 0 Å². The Morgan fingerprint density at radius 3 is 2.17 bits per heavy atom. The Labute approximate surface area is 108 Å². The van der Waals surface area contributed by atoms with Crippen LogP contribution < -0.4 is 0 Å². The SMILES string of the molecule is C=C(C(=O)OC)[C@H](CCCC[C@@H](C)O)C(=O)OC. The van der Waals surface area contributed by atoms with E-state index in [-0.39, 0.29) is 11.7 Å². The molecule has 0 saturated heterocycles. The minimum Gasteiger partial charge on any atom is -0.469 e. The molecule has 0 aliphatic carbocycles. The van der Waals surface area contributed by atoms with Crippen LogP contribution >= 0.6 is 0 Å². The number of esters is 2. The molecule has 0 unspecified atom stereocenters. The van der Waals surface area contributed by atoms with Gasteiger partial charge in [-0.3, -0.25) is 4.79 Å². The number of aliphatic hydroxyl groups is 1. The lowest BCUT2D eigenvalue weighted by Crippen LogP contribution is -2.23. The maximum Gasteiger partial charge on any atom is 0.334 e. The lowest BCUT2D eigenvalue weighted by Gasteiger charge is -2.15. The molecule has 0 fully saturated rings. The number of hydrogen-bond donors (Lipinski definition) is 1. The monoisotopic (exact) mass is 258 g/mol. The van der Waals surface area contributed by atoms with Crippen LogP contribution in [0.15, 0.2) is 12.2 Å². The van der Waals surface area contributed by atoms with Crippen LogP contribution in [0.1, 0.15) is 32.6 Å². The second-order valence-corrected chi connectivity index (χ2v) is 4.23. The van der Waals surface area contributed by atoms with Crippen molar-refractivity contribution in [2.75, 3.05) is 14.2 Å². The van der Waals surface area contributed by atoms with Crippen LogP contribution in [0, 0.1) is 5.92 Å². The van der Waals surface area contributed by atoms with Gasteiger partial charge in [0.2, 0.25) is 0 Å². The summed E-state index contributed by atoms with van der Waals surface area (Å²) < 4.78 is 9.20. The van der Waals surface area contributed by atoms with Crippen LogP contribution in [0.25, 0.3) is 0 Å². The fourth-order valence-corrected chi connectivity index (χ4v) is 1.64. The third-order valence-electron chi connectivity index (χ3n) is 2.72. The van der Waals surface area contributed by atoms with E-state index in [4.69, 9.17) is 5.11 Å². The van der Waals surface area contributed by atoms with Gasteiger partial charge in [-0.15, -0.1) is 0 Å². The number of hydrogen-bond acceptors (Lipinski definition) is 5. The third kappa shape index (κ3) is 5.82. The molecule has 0 aromatic heterocycles. The molecule has 2 atom stereocenters. The number of ether oxygens (including phenoxy) is 2. The van der Waals surface area contributed by atoms with E-state index in [1.54, 1.807) is 6.92 Å². The fraction of sp³-hybridized carbons (Fsp3) is 0.692. The van der Waals surface area contributed by atoms with Crippen molar-refractivity contribution in [1.82, 2.24) is 0 Å². The molecule has 0 amide bonds. The second kappa shape index (κ2) is 8.69. The summed E-state index contributed by atoms with van der Waals surface area (Å²) >= 11 is 0. The summed E-state index contributed by atoms with van der Waals surface area (Å²) in [4.78, 5) is 22.9. The molecule has 0 bridgehead atoms. The summed E-state index contributed by atoms with van der Waals surface area (Å²) in [6, 6.07) is 0. The van der Waals surface area contributed by atoms with Crippen LogP contribution in [0.2, 0.25) is 0 Å². The molecule has 0 aliphatic rings. The molecule has 0 aromatic carbocycles. The largest absolute Gasteiger partial charge is 0.469 e. The predicted octanol–water partition coefficient (Wildman–Crippen LogP) is 1.45. The zero-order valence-electron chi connectivity index (χ0n) is 11.3. The Hall–Kier alpha value is -1.36. The van der Waals surface area contributed by atoms with Crippen molar-refractivity contribution >= 4 is 11.9 Å². The Balaban J connectivity index is 4.37. The van der Waals surface area contributed by atoms with Gasteiger partial charge >= 0.3 is 11.9 Å². The van der Waals surface area contributed by atoms with Crippen LogP contribution in [-0.4, -0.2) is 37.4 Å². The fourth-order valence-electron chi connectivity index (χ4n) is 1.64. The first-order valence-electron chi connectivity index (χ1n) is 5.97. The molecular weight excluding hydrogens is 236 g/mol. The lowest BCUT2D eigenvalue weighted by atomic mass is 9.93. The van der Waals surface area contributed by atoms with Crippen molar-refractivity contribution < 1.29 is 24.2 Å². The molecule has 5 nitrogen and oxygen atoms in total. The Morgan fingerprint density at radius 2 is 1.72 bits per heavy atom. The molecule has 0 rings (SSSR count). The maximum absolute atomic E-state index is 11.6. The molecule has 0 spiro atoms. The first-order chi connectivity index (χ1) is 8.43. The van der Waals surface area contributed by atoms with Gasteiger partial charge in [0.15, 0.2) is 0 Å². The zero-order chi connectivity index (χ0) is 14.1. The van der Waals surface area contributed by atoms with Gasteiger partial charge in [-0.25, -0.2) is 4.79 Å². The van der Waals surface area contributed by atoms with Crippen LogP contribution in [0.3, 0.4) is 0 Å². The molecule has 0 aliphatic heterocycles. The standard InChI is InChI=1S/C13H22O5/c1-9(14)7-5-6-8-11(13(16)18-4)10(2)12(15)17-3/h9,11,14H,2,5-8H2,1,3-4H3/t9-,11+/m1/s1. The van der Waals surface area contributed by atoms with Gasteiger partial charge in [0, 0.05) is 5.57 Å². The lowest BCUT2D eigenvalue weighted by molar-refractivity contribution is -0.147. The van der Waals surface area contributed by atoms with E-state index in [9.17, 15) is 9.59 Å². The van der Waals surface area contributed by atoms with Crippen LogP contribution in [0.4, 0.5) is 0 Å². The predicted molar refractivity (Wildman–Crippen MR) is 66.8 cm³/mol. The number of aliphatic hydroxyl groups excluding tert-OH is 1. The van der Waals surface area contributed by atoms with E-state index in [2.05, 4.69) is 16.1 Å². The minimum atomic E-state index is -0.670. The molecule has 0 radical (unpaired) electrons. The third-order valence-corrected chi connectivity index (χ3v) is 2.72. The minimum absolute atomic E-state index is 0.112. The summed E-state index contributed by atoms with van der Waals surface area (Å²) in [5.74, 6) is -1.75. The van der Waals surface area contributed by atoms with Crippen molar-refractivity contribution in [1.29, 1.82) is 0 Å². The molecule has 5 heteroatoms. The molecule has 0 heterocycles. The average Bonchev–Trinajstić information content (AvgIpc) is 2.35. The highest BCUT2D eigenvalue weighted by molar-refractivity contribution is 5.94. The molecule has 0 saturated carbocycles. The van der Waals surface area contributed by atoms with E-state index >= 15 is 0 Å². The van der Waals surface area contributed by atoms with Gasteiger partial charge in [-0.1, -0.05) is 19.4 Å². The number of methoxy groups -OCH3 is 2. The summed E-state index contributed by atoms with van der Waals surface area (Å²) in [7, 11) is 2.52. The summed E-state index contributed by atoms with van der Waals surface area (Å²) in [6.07, 6.45) is 2.26. The summed E-state index contributed by atoms with van der Waals surface area (Å²) in [6.45, 7) is 5.30. The van der Waals surface area contributed by atoms with Crippen molar-refractivity contribution in [3.8, 4) is 0 Å². The maximum atomic E-state index is 11.6. The molecule has 104 valence electrons. The van der Waals surface area contributed by atoms with Crippen molar-refractivity contribution in [2.24, 2.45) is 5.92 Å². The highest BCUT2D eigenvalue weighted by Gasteiger charge is 2.27. The number of unbranched alkanes of at least 4 members (excludes halogenated alkanes) is 1. The quantitative estimate of drug-likeness (QED) is 0.405. The first-order valence-corrected chi connectivity index (χ1v) is 5.97. The summed E-state index contributed by atoms with van der Waals surface area (Å²) in [5.41, 5.74) is 0.112. The zero-order valence-corrected chi connectivity index (χ0v) is 11.3. The topological polar surface area (TPSA) is 72.8 Å². The van der Waals surface area contributed by atoms with Gasteiger partial charge in [0.1, 0.15) is 0 Å². The average molecular weight is 258 g/mol. The molecule has 0 aromatic rings. The van der Waals surface area contributed by atoms with Gasteiger partial charge in [-0.05, 0) is 19.8 Å². The van der Waals surface area contributed by atoms with Gasteiger partial charge in [-0.2, -0.15) is 0 Å². The van der Waals surface area contributed by atoms with Gasteiger partial charge in [0.05, 0.1) is 26.2 Å². The highest BCUT2D eigenvalue weighted by atomic mass is 16.5. The Kier molecular flexibility index (Phi) is 8.03. The number of carbonyl (C=O) groups is 2. The Bertz CT molecular complexity index is 296. The number of carbonyl (C=O) groups excluding carboxylic acids is 2. The van der Waals surface area contributed by atoms with Crippen molar-refractivity contribution in [2.45, 2.75) is 38.7 Å². The molecule has 1 N–H and O–H groups in total. The molecule has 18 heavy (non-hydrogen) atoms. The van der Waals surface area contributed by atoms with E-state index < -0.39 is 17.9 Å². The van der Waals surface area contributed by atoms with E-state index in [0.29, 0.717) is 19.3 Å². The van der Waals surface area contributed by atoms with Crippen LogP contribution in [-0.2, 0) is 19.1 Å². The number of rotatable bonds is 8. The summed E-state index contributed by atoms with van der Waals surface area (Å²) in [5, 5.41) is 9.13. The van der Waals surface area contributed by atoms with Gasteiger partial charge in [0.25, 0.3) is 0 Å². The van der Waals surface area contributed by atoms with Crippen molar-refractivity contribution in [3.63, 3.8) is 0 Å². The normalized spacial score (nSPS) is 13.6. The first kappa shape index (κ1) is 16.6. The van der Waals surface area contributed by atoms with E-state index in [1.165, 1.54) is 14.2 Å². The molecular formula is C13H22O5. The highest BCUT2D eigenvalue weighted by Crippen LogP contribution is 2.20. The van der Waals surface area contributed by atoms with E-state index in [0.717, 1.165) is 6.42 Å². The van der Waals surface area contributed by atoms with Gasteiger partial charge < -0.3 is 14.6 Å². The smallest absolute Gasteiger partial charge is 0.334 e. The van der Waals surface area contributed by atoms with E-state index in [1.807, 2.05) is 0 Å².